The fourth-order valence-electron chi connectivity index (χ4n) is 4.97. The molecule has 1 amide bonds. The number of carbonyl (C=O) groups is 1. The third kappa shape index (κ3) is 4.13. The lowest BCUT2D eigenvalue weighted by molar-refractivity contribution is -0.136. The standard InChI is InChI=1S/C24H30N6O/c1-17-13-27-30-22(26-15-18-6-4-10-25-14-18)12-21(28-23(17)30)20-9-5-11-29(16-20)24(31)19-7-2-3-8-19/h4,6,10,12-14,19-20,26H,2-3,5,7-9,11,15-16H2,1H3. The maximum atomic E-state index is 13.0. The molecule has 0 radical (unpaired) electrons. The number of nitrogens with zero attached hydrogens (tertiary/aromatic N) is 5. The van der Waals surface area contributed by atoms with E-state index in [1.54, 1.807) is 6.20 Å². The summed E-state index contributed by atoms with van der Waals surface area (Å²) in [5.41, 5.74) is 4.10. The quantitative estimate of drug-likeness (QED) is 0.679. The third-order valence-corrected chi connectivity index (χ3v) is 6.72. The van der Waals surface area contributed by atoms with E-state index in [0.29, 0.717) is 12.5 Å². The maximum Gasteiger partial charge on any atom is 0.225 e. The number of nitrogens with one attached hydrogen (secondary N) is 1. The molecule has 1 aliphatic carbocycles. The number of fused-ring (bicyclic) bond motifs is 1. The van der Waals surface area contributed by atoms with Gasteiger partial charge >= 0.3 is 0 Å². The van der Waals surface area contributed by atoms with E-state index in [4.69, 9.17) is 4.98 Å². The van der Waals surface area contributed by atoms with Crippen molar-refractivity contribution in [3.8, 4) is 0 Å². The van der Waals surface area contributed by atoms with Gasteiger partial charge in [0.05, 0.1) is 11.9 Å². The van der Waals surface area contributed by atoms with Gasteiger partial charge in [-0.2, -0.15) is 9.61 Å². The first-order chi connectivity index (χ1) is 15.2. The van der Waals surface area contributed by atoms with Crippen LogP contribution >= 0.6 is 0 Å². The fraction of sp³-hybridized carbons (Fsp3) is 0.500. The highest BCUT2D eigenvalue weighted by Crippen LogP contribution is 2.32. The minimum atomic E-state index is 0.239. The molecule has 2 fully saturated rings. The van der Waals surface area contributed by atoms with Crippen molar-refractivity contribution in [2.75, 3.05) is 18.4 Å². The largest absolute Gasteiger partial charge is 0.366 e. The van der Waals surface area contributed by atoms with Crippen molar-refractivity contribution in [2.24, 2.45) is 5.92 Å². The van der Waals surface area contributed by atoms with Gasteiger partial charge in [-0.1, -0.05) is 18.9 Å². The van der Waals surface area contributed by atoms with E-state index < -0.39 is 0 Å². The molecule has 162 valence electrons. The molecule has 4 heterocycles. The summed E-state index contributed by atoms with van der Waals surface area (Å²) in [5, 5.41) is 8.04. The molecule has 1 saturated heterocycles. The molecule has 0 aromatic carbocycles. The summed E-state index contributed by atoms with van der Waals surface area (Å²) in [6.07, 6.45) is 12.1. The van der Waals surface area contributed by atoms with Crippen LogP contribution in [-0.4, -0.2) is 43.5 Å². The molecule has 1 saturated carbocycles. The number of amides is 1. The van der Waals surface area contributed by atoms with Gasteiger partial charge in [0.15, 0.2) is 5.65 Å². The molecule has 1 atom stereocenters. The van der Waals surface area contributed by atoms with Gasteiger partial charge in [-0.05, 0) is 44.2 Å². The maximum absolute atomic E-state index is 13.0. The van der Waals surface area contributed by atoms with E-state index in [1.807, 2.05) is 29.9 Å². The Hall–Kier alpha value is -2.96. The molecule has 3 aromatic rings. The summed E-state index contributed by atoms with van der Waals surface area (Å²) in [4.78, 5) is 24.3. The number of rotatable bonds is 5. The molecule has 7 heteroatoms. The Balaban J connectivity index is 1.39. The molecule has 1 unspecified atom stereocenters. The molecular weight excluding hydrogens is 388 g/mol. The highest BCUT2D eigenvalue weighted by atomic mass is 16.2. The number of aromatic nitrogens is 4. The second-order valence-corrected chi connectivity index (χ2v) is 8.95. The number of likely N-dealkylation sites (tertiary alicyclic amines) is 1. The summed E-state index contributed by atoms with van der Waals surface area (Å²) < 4.78 is 1.87. The van der Waals surface area contributed by atoms with Crippen LogP contribution in [0.1, 0.15) is 61.3 Å². The number of carbonyl (C=O) groups excluding carboxylic acids is 1. The van der Waals surface area contributed by atoms with Crippen molar-refractivity contribution in [1.29, 1.82) is 0 Å². The van der Waals surface area contributed by atoms with Crippen LogP contribution in [-0.2, 0) is 11.3 Å². The van der Waals surface area contributed by atoms with Crippen LogP contribution in [0.4, 0.5) is 5.82 Å². The minimum Gasteiger partial charge on any atom is -0.366 e. The Labute approximate surface area is 182 Å². The normalized spacial score (nSPS) is 19.8. The van der Waals surface area contributed by atoms with Crippen LogP contribution < -0.4 is 5.32 Å². The van der Waals surface area contributed by atoms with Gasteiger partial charge in [0.25, 0.3) is 0 Å². The van der Waals surface area contributed by atoms with Crippen LogP contribution in [0.2, 0.25) is 0 Å². The second-order valence-electron chi connectivity index (χ2n) is 8.95. The molecule has 5 rings (SSSR count). The second kappa shape index (κ2) is 8.65. The van der Waals surface area contributed by atoms with Crippen LogP contribution in [0.15, 0.2) is 36.8 Å². The van der Waals surface area contributed by atoms with Gasteiger partial charge in [0, 0.05) is 55.5 Å². The van der Waals surface area contributed by atoms with Crippen LogP contribution in [0, 0.1) is 12.8 Å². The van der Waals surface area contributed by atoms with E-state index in [1.165, 1.54) is 12.8 Å². The average Bonchev–Trinajstić information content (AvgIpc) is 3.48. The summed E-state index contributed by atoms with van der Waals surface area (Å²) in [7, 11) is 0. The minimum absolute atomic E-state index is 0.239. The topological polar surface area (TPSA) is 75.4 Å². The first-order valence-corrected chi connectivity index (χ1v) is 11.5. The Morgan fingerprint density at radius 1 is 1.19 bits per heavy atom. The lowest BCUT2D eigenvalue weighted by Gasteiger charge is -2.34. The lowest BCUT2D eigenvalue weighted by atomic mass is 9.93. The summed E-state index contributed by atoms with van der Waals surface area (Å²) >= 11 is 0. The smallest absolute Gasteiger partial charge is 0.225 e. The highest BCUT2D eigenvalue weighted by molar-refractivity contribution is 5.79. The van der Waals surface area contributed by atoms with Gasteiger partial charge in [0.2, 0.25) is 5.91 Å². The average molecular weight is 419 g/mol. The van der Waals surface area contributed by atoms with Crippen molar-refractivity contribution >= 4 is 17.4 Å². The van der Waals surface area contributed by atoms with Gasteiger partial charge in [-0.25, -0.2) is 4.98 Å². The van der Waals surface area contributed by atoms with Crippen molar-refractivity contribution in [2.45, 2.75) is 57.9 Å². The number of hydrogen-bond acceptors (Lipinski definition) is 5. The van der Waals surface area contributed by atoms with Gasteiger partial charge in [0.1, 0.15) is 5.82 Å². The van der Waals surface area contributed by atoms with E-state index in [0.717, 1.165) is 67.1 Å². The molecular formula is C24H30N6O. The SMILES string of the molecule is Cc1cnn2c(NCc3cccnc3)cc(C3CCCN(C(=O)C4CCCC4)C3)nc12. The predicted octanol–water partition coefficient (Wildman–Crippen LogP) is 3.94. The Morgan fingerprint density at radius 3 is 2.87 bits per heavy atom. The van der Waals surface area contributed by atoms with Gasteiger partial charge in [-0.15, -0.1) is 0 Å². The van der Waals surface area contributed by atoms with E-state index in [-0.39, 0.29) is 11.8 Å². The Bertz CT molecular complexity index is 1060. The molecule has 0 spiro atoms. The Morgan fingerprint density at radius 2 is 2.06 bits per heavy atom. The number of hydrogen-bond donors (Lipinski definition) is 1. The highest BCUT2D eigenvalue weighted by Gasteiger charge is 2.32. The monoisotopic (exact) mass is 418 g/mol. The number of piperidine rings is 1. The first kappa shape index (κ1) is 20.0. The number of anilines is 1. The van der Waals surface area contributed by atoms with Crippen molar-refractivity contribution in [3.05, 3.63) is 53.6 Å². The fourth-order valence-corrected chi connectivity index (χ4v) is 4.97. The van der Waals surface area contributed by atoms with E-state index in [9.17, 15) is 4.79 Å². The van der Waals surface area contributed by atoms with Crippen LogP contribution in [0.25, 0.3) is 5.65 Å². The van der Waals surface area contributed by atoms with E-state index in [2.05, 4.69) is 32.4 Å². The predicted molar refractivity (Wildman–Crippen MR) is 120 cm³/mol. The molecule has 1 aliphatic heterocycles. The summed E-state index contributed by atoms with van der Waals surface area (Å²) in [6.45, 7) is 4.36. The zero-order valence-corrected chi connectivity index (χ0v) is 18.1. The third-order valence-electron chi connectivity index (χ3n) is 6.72. The van der Waals surface area contributed by atoms with Crippen molar-refractivity contribution in [1.82, 2.24) is 24.5 Å². The lowest BCUT2D eigenvalue weighted by Crippen LogP contribution is -2.42. The van der Waals surface area contributed by atoms with Gasteiger partial charge in [-0.3, -0.25) is 9.78 Å². The first-order valence-electron chi connectivity index (χ1n) is 11.5. The Kier molecular flexibility index (Phi) is 5.57. The molecule has 31 heavy (non-hydrogen) atoms. The number of aryl methyl sites for hydroxylation is 1. The van der Waals surface area contributed by atoms with E-state index >= 15 is 0 Å². The van der Waals surface area contributed by atoms with Gasteiger partial charge < -0.3 is 10.2 Å². The number of pyridine rings is 1. The molecule has 2 aliphatic rings. The zero-order valence-electron chi connectivity index (χ0n) is 18.1. The molecule has 7 nitrogen and oxygen atoms in total. The molecule has 1 N–H and O–H groups in total. The van der Waals surface area contributed by atoms with Crippen molar-refractivity contribution in [3.63, 3.8) is 0 Å². The van der Waals surface area contributed by atoms with Crippen LogP contribution in [0.3, 0.4) is 0 Å². The molecule has 3 aromatic heterocycles. The summed E-state index contributed by atoms with van der Waals surface area (Å²) in [5.74, 6) is 1.79. The zero-order chi connectivity index (χ0) is 21.2. The van der Waals surface area contributed by atoms with Crippen molar-refractivity contribution < 1.29 is 4.79 Å². The van der Waals surface area contributed by atoms with Crippen LogP contribution in [0.5, 0.6) is 0 Å². The molecule has 0 bridgehead atoms. The summed E-state index contributed by atoms with van der Waals surface area (Å²) in [6, 6.07) is 6.12.